The van der Waals surface area contributed by atoms with Gasteiger partial charge in [-0.05, 0) is 161 Å². The summed E-state index contributed by atoms with van der Waals surface area (Å²) in [4.78, 5) is 132. The van der Waals surface area contributed by atoms with Crippen LogP contribution in [-0.2, 0) is 75.2 Å². The third kappa shape index (κ3) is 15.5. The Morgan fingerprint density at radius 2 is 1.01 bits per heavy atom. The molecule has 0 radical (unpaired) electrons. The van der Waals surface area contributed by atoms with E-state index >= 15 is 0 Å². The van der Waals surface area contributed by atoms with Crippen molar-refractivity contribution < 1.29 is 72.1 Å². The van der Waals surface area contributed by atoms with Gasteiger partial charge in [-0.25, -0.2) is 9.59 Å². The predicted molar refractivity (Wildman–Crippen MR) is 333 cm³/mol. The highest BCUT2D eigenvalue weighted by atomic mass is 35.5. The summed E-state index contributed by atoms with van der Waals surface area (Å²) in [6.07, 6.45) is 22.2. The number of carboxylic acids is 1. The van der Waals surface area contributed by atoms with Crippen LogP contribution in [0.3, 0.4) is 0 Å². The van der Waals surface area contributed by atoms with Crippen LogP contribution in [0.2, 0.25) is 0 Å². The number of ether oxygens (including phenoxy) is 3. The minimum absolute atomic E-state index is 0. The highest BCUT2D eigenvalue weighted by Gasteiger charge is 2.60. The SMILES string of the molecule is COC(=O)[C@]1(C)CCCN1.COC(=O)[C@]1(C)CCCN1C(=O)C1(NC(=O)OCc2ccccc2)CCCC1.C[C@@]12CCCN1C(=O)C1(CCCC1)NC2=O.C[C@@]12CCCN1C(=O)C1(CCCC1)NC2=O.Cl.O=C(O)C1(CCc2ccccc2)CCCC1.O=C=O. The van der Waals surface area contributed by atoms with E-state index in [9.17, 15) is 48.3 Å². The Morgan fingerprint density at radius 3 is 1.46 bits per heavy atom. The Kier molecular flexibility index (Phi) is 24.8. The van der Waals surface area contributed by atoms with Crippen molar-refractivity contribution in [2.45, 2.75) is 240 Å². The molecule has 2 aromatic rings. The van der Waals surface area contributed by atoms with Crippen LogP contribution in [0.25, 0.3) is 0 Å². The van der Waals surface area contributed by atoms with Crippen molar-refractivity contribution in [3.63, 3.8) is 0 Å². The van der Waals surface area contributed by atoms with Gasteiger partial charge < -0.3 is 55.3 Å². The number of piperazine rings is 2. The van der Waals surface area contributed by atoms with E-state index in [0.717, 1.165) is 173 Å². The molecule has 0 aromatic heterocycles. The smallest absolute Gasteiger partial charge is 0.408 e. The fraction of sp³-hybridized carbons (Fsp3) is 0.672. The first-order valence-electron chi connectivity index (χ1n) is 32.2. The van der Waals surface area contributed by atoms with Crippen molar-refractivity contribution in [2.75, 3.05) is 40.4 Å². The molecular formula is C67H96ClN7O15. The van der Waals surface area contributed by atoms with Crippen molar-refractivity contribution in [1.29, 1.82) is 0 Å². The molecular weight excluding hydrogens is 1180 g/mol. The third-order valence-electron chi connectivity index (χ3n) is 20.9. The van der Waals surface area contributed by atoms with Gasteiger partial charge in [-0.15, -0.1) is 12.4 Å². The summed E-state index contributed by atoms with van der Waals surface area (Å²) < 4.78 is 14.9. The molecule has 496 valence electrons. The molecule has 90 heavy (non-hydrogen) atoms. The zero-order chi connectivity index (χ0) is 64.7. The van der Waals surface area contributed by atoms with Crippen molar-refractivity contribution in [3.05, 3.63) is 71.8 Å². The Balaban J connectivity index is 0.000000183. The van der Waals surface area contributed by atoms with Crippen LogP contribution in [0.1, 0.15) is 199 Å². The van der Waals surface area contributed by atoms with E-state index in [2.05, 4.69) is 38.1 Å². The zero-order valence-electron chi connectivity index (χ0n) is 53.6. The maximum atomic E-state index is 13.5. The first-order chi connectivity index (χ1) is 42.4. The number of carbonyl (C=O) groups is 9. The second-order valence-electron chi connectivity index (χ2n) is 26.7. The van der Waals surface area contributed by atoms with E-state index in [4.69, 9.17) is 19.1 Å². The second-order valence-corrected chi connectivity index (χ2v) is 26.7. The molecule has 5 N–H and O–H groups in total. The van der Waals surface area contributed by atoms with Crippen LogP contribution >= 0.6 is 12.4 Å². The normalized spacial score (nSPS) is 27.2. The van der Waals surface area contributed by atoms with E-state index in [1.54, 1.807) is 11.8 Å². The molecule has 6 aliphatic heterocycles. The minimum atomic E-state index is -1.02. The highest BCUT2D eigenvalue weighted by Crippen LogP contribution is 2.45. The molecule has 2 aromatic carbocycles. The first-order valence-corrected chi connectivity index (χ1v) is 32.2. The average molecular weight is 1270 g/mol. The molecule has 6 heterocycles. The molecule has 4 saturated carbocycles. The van der Waals surface area contributed by atoms with Crippen molar-refractivity contribution in [1.82, 2.24) is 36.0 Å². The van der Waals surface area contributed by atoms with Crippen LogP contribution in [0.15, 0.2) is 60.7 Å². The van der Waals surface area contributed by atoms with Gasteiger partial charge in [-0.2, -0.15) is 9.59 Å². The molecule has 4 aliphatic carbocycles. The van der Waals surface area contributed by atoms with Crippen LogP contribution in [-0.4, -0.2) is 159 Å². The largest absolute Gasteiger partial charge is 0.481 e. The average Bonchev–Trinajstić information content (AvgIpc) is 1.50. The number of likely N-dealkylation sites (tertiary alicyclic amines) is 1. The zero-order valence-corrected chi connectivity index (χ0v) is 54.4. The third-order valence-corrected chi connectivity index (χ3v) is 20.9. The molecule has 0 unspecified atom stereocenters. The molecule has 10 fully saturated rings. The fourth-order valence-corrected chi connectivity index (χ4v) is 15.3. The van der Waals surface area contributed by atoms with E-state index in [1.165, 1.54) is 19.8 Å². The quantitative estimate of drug-likeness (QED) is 0.112. The number of benzene rings is 2. The molecule has 4 atom stereocenters. The number of nitrogens with one attached hydrogen (secondary N) is 4. The molecule has 6 amide bonds. The maximum Gasteiger partial charge on any atom is 0.408 e. The Labute approximate surface area is 535 Å². The van der Waals surface area contributed by atoms with Crippen molar-refractivity contribution in [3.8, 4) is 0 Å². The molecule has 23 heteroatoms. The number of rotatable bonds is 10. The number of nitrogens with zero attached hydrogens (tertiary/aromatic N) is 3. The number of hydrogen-bond donors (Lipinski definition) is 5. The number of hydrogen-bond acceptors (Lipinski definition) is 15. The summed E-state index contributed by atoms with van der Waals surface area (Å²) in [5, 5.41) is 21.3. The second kappa shape index (κ2) is 30.9. The van der Waals surface area contributed by atoms with Gasteiger partial charge in [0.15, 0.2) is 0 Å². The Bertz CT molecular complexity index is 2810. The summed E-state index contributed by atoms with van der Waals surface area (Å²) >= 11 is 0. The first kappa shape index (κ1) is 72.2. The number of methoxy groups -OCH3 is 2. The van der Waals surface area contributed by atoms with Gasteiger partial charge in [0.25, 0.3) is 0 Å². The van der Waals surface area contributed by atoms with Gasteiger partial charge in [-0.1, -0.05) is 112 Å². The summed E-state index contributed by atoms with van der Waals surface area (Å²) in [6, 6.07) is 19.5. The van der Waals surface area contributed by atoms with Gasteiger partial charge in [0.2, 0.25) is 29.5 Å². The lowest BCUT2D eigenvalue weighted by Crippen LogP contribution is -2.72. The van der Waals surface area contributed by atoms with Crippen LogP contribution < -0.4 is 21.3 Å². The summed E-state index contributed by atoms with van der Waals surface area (Å²) in [5.74, 6) is -0.914. The number of alkyl carbamates (subject to hydrolysis) is 1. The Hall–Kier alpha value is -6.90. The summed E-state index contributed by atoms with van der Waals surface area (Å²) in [7, 11) is 2.76. The predicted octanol–water partition coefficient (Wildman–Crippen LogP) is 7.80. The highest BCUT2D eigenvalue weighted by molar-refractivity contribution is 6.04. The maximum absolute atomic E-state index is 13.5. The van der Waals surface area contributed by atoms with E-state index in [0.29, 0.717) is 25.8 Å². The summed E-state index contributed by atoms with van der Waals surface area (Å²) in [6.45, 7) is 10.5. The topological polar surface area (TPSA) is 294 Å². The minimum Gasteiger partial charge on any atom is -0.481 e. The lowest BCUT2D eigenvalue weighted by Gasteiger charge is -2.46. The van der Waals surface area contributed by atoms with Crippen molar-refractivity contribution >= 4 is 72.1 Å². The molecule has 2 spiro atoms. The van der Waals surface area contributed by atoms with Gasteiger partial charge >= 0.3 is 30.2 Å². The summed E-state index contributed by atoms with van der Waals surface area (Å²) in [5.41, 5.74) is -2.94. The van der Waals surface area contributed by atoms with E-state index in [-0.39, 0.29) is 60.7 Å². The van der Waals surface area contributed by atoms with E-state index in [1.807, 2.05) is 79.1 Å². The number of fused-ring (bicyclic) bond motifs is 2. The molecule has 6 saturated heterocycles. The fourth-order valence-electron chi connectivity index (χ4n) is 15.3. The number of halogens is 1. The standard InChI is InChI=1S/C21H28N2O5.C14H18O2.2C12H18N2O2.C7H13NO2.CO2.ClH/c1-20(18(25)27-2)11-8-14-23(20)17(24)21(12-6-7-13-21)22-19(26)28-15-16-9-4-3-5-10-16;15-13(16)14(9-4-5-10-14)11-8-12-6-2-1-3-7-12;2*1-11-5-4-8-14(11)10(16)12(13-9(11)15)6-2-3-7-12;1-7(6(9)10-2)4-3-5-8-7;2-1-3;/h3-5,9-10H,6-8,11-15H2,1-2H3,(H,22,26);1-3,6-7H,4-5,8-11H2,(H,15,16);2*2-8H2,1H3,(H,13,15);8H,3-5H2,1-2H3;;1H/t20-;;2*11-;7-;;/m0.000../s1. The van der Waals surface area contributed by atoms with Crippen LogP contribution in [0, 0.1) is 5.41 Å². The van der Waals surface area contributed by atoms with Gasteiger partial charge in [0, 0.05) is 19.6 Å². The number of aliphatic carboxylic acids is 1. The lowest BCUT2D eigenvalue weighted by molar-refractivity contribution is -0.192. The van der Waals surface area contributed by atoms with Gasteiger partial charge in [0.1, 0.15) is 45.4 Å². The van der Waals surface area contributed by atoms with Gasteiger partial charge in [0.05, 0.1) is 19.6 Å². The monoisotopic (exact) mass is 1270 g/mol. The molecule has 10 aliphatic rings. The number of carboxylic acid groups (broad SMARTS) is 1. The number of aryl methyl sites for hydroxylation is 1. The van der Waals surface area contributed by atoms with Gasteiger partial charge in [-0.3, -0.25) is 33.6 Å². The lowest BCUT2D eigenvalue weighted by atomic mass is 9.80. The van der Waals surface area contributed by atoms with Crippen molar-refractivity contribution in [2.24, 2.45) is 5.41 Å². The number of amides is 6. The van der Waals surface area contributed by atoms with Crippen LogP contribution in [0.5, 0.6) is 0 Å². The molecule has 0 bridgehead atoms. The Morgan fingerprint density at radius 1 is 0.567 bits per heavy atom. The molecule has 12 rings (SSSR count). The molecule has 22 nitrogen and oxygen atoms in total. The number of esters is 2. The van der Waals surface area contributed by atoms with E-state index < -0.39 is 62.2 Å². The van der Waals surface area contributed by atoms with Crippen LogP contribution in [0.4, 0.5) is 4.79 Å². The number of carbonyl (C=O) groups excluding carboxylic acids is 10.